The van der Waals surface area contributed by atoms with Gasteiger partial charge in [-0.3, -0.25) is 4.79 Å². The van der Waals surface area contributed by atoms with Crippen molar-refractivity contribution in [3.63, 3.8) is 0 Å². The van der Waals surface area contributed by atoms with Crippen LogP contribution in [0.2, 0.25) is 0 Å². The van der Waals surface area contributed by atoms with Crippen molar-refractivity contribution in [3.05, 3.63) is 41.5 Å². The average molecular weight is 206 g/mol. The summed E-state index contributed by atoms with van der Waals surface area (Å²) in [7, 11) is 0. The van der Waals surface area contributed by atoms with E-state index in [2.05, 4.69) is 0 Å². The van der Waals surface area contributed by atoms with E-state index in [1.807, 2.05) is 30.3 Å². The summed E-state index contributed by atoms with van der Waals surface area (Å²) in [6, 6.07) is 9.37. The Hall–Kier alpha value is -1.45. The van der Waals surface area contributed by atoms with Crippen LogP contribution in [-0.2, 0) is 4.79 Å². The minimum atomic E-state index is -0.870. The van der Waals surface area contributed by atoms with Crippen molar-refractivity contribution in [2.45, 2.75) is 12.5 Å². The van der Waals surface area contributed by atoms with Crippen LogP contribution in [0.1, 0.15) is 12.0 Å². The number of carbonyl (C=O) groups excluding carboxylic acids is 1. The molecule has 0 aliphatic carbocycles. The summed E-state index contributed by atoms with van der Waals surface area (Å²) in [5.41, 5.74) is 1.38. The highest BCUT2D eigenvalue weighted by Gasteiger charge is 2.05. The number of hydrogen-bond acceptors (Lipinski definition) is 3. The fourth-order valence-electron chi connectivity index (χ4n) is 1.24. The molecule has 15 heavy (non-hydrogen) atoms. The Morgan fingerprint density at radius 3 is 2.53 bits per heavy atom. The van der Waals surface area contributed by atoms with Gasteiger partial charge in [0.2, 0.25) is 0 Å². The molecule has 0 aliphatic heterocycles. The highest BCUT2D eigenvalue weighted by Crippen LogP contribution is 2.09. The maximum Gasteiger partial charge on any atom is 0.146 e. The molecule has 1 unspecified atom stereocenters. The minimum Gasteiger partial charge on any atom is -0.394 e. The standard InChI is InChI=1S/C12H14O3/c13-8-11(7-12(15)9-14)6-10-4-2-1-3-5-10/h1-6,8,12,14-15H,7,9H2. The molecule has 0 bridgehead atoms. The lowest BCUT2D eigenvalue weighted by molar-refractivity contribution is -0.105. The van der Waals surface area contributed by atoms with Crippen molar-refractivity contribution in [2.24, 2.45) is 0 Å². The monoisotopic (exact) mass is 206 g/mol. The normalized spacial score (nSPS) is 13.6. The largest absolute Gasteiger partial charge is 0.394 e. The molecule has 0 aliphatic rings. The van der Waals surface area contributed by atoms with Gasteiger partial charge in [0.25, 0.3) is 0 Å². The van der Waals surface area contributed by atoms with Gasteiger partial charge in [-0.05, 0) is 17.2 Å². The van der Waals surface area contributed by atoms with Gasteiger partial charge in [-0.25, -0.2) is 0 Å². The molecule has 0 aromatic heterocycles. The summed E-state index contributed by atoms with van der Waals surface area (Å²) in [4.78, 5) is 10.7. The molecule has 0 spiro atoms. The van der Waals surface area contributed by atoms with Gasteiger partial charge in [0.15, 0.2) is 0 Å². The van der Waals surface area contributed by atoms with E-state index in [4.69, 9.17) is 5.11 Å². The second-order valence-corrected chi connectivity index (χ2v) is 3.29. The second kappa shape index (κ2) is 6.11. The lowest BCUT2D eigenvalue weighted by Crippen LogP contribution is -2.12. The molecule has 0 radical (unpaired) electrons. The van der Waals surface area contributed by atoms with Crippen LogP contribution >= 0.6 is 0 Å². The molecule has 80 valence electrons. The SMILES string of the molecule is O=CC(=Cc1ccccc1)CC(O)CO. The van der Waals surface area contributed by atoms with Crippen molar-refractivity contribution >= 4 is 12.4 Å². The number of benzene rings is 1. The molecular formula is C12H14O3. The number of aliphatic hydroxyl groups is 2. The van der Waals surface area contributed by atoms with E-state index in [1.54, 1.807) is 6.08 Å². The van der Waals surface area contributed by atoms with Crippen LogP contribution in [0.4, 0.5) is 0 Å². The summed E-state index contributed by atoms with van der Waals surface area (Å²) in [6.45, 7) is -0.333. The van der Waals surface area contributed by atoms with E-state index < -0.39 is 6.10 Å². The predicted octanol–water partition coefficient (Wildman–Crippen LogP) is 1.01. The predicted molar refractivity (Wildman–Crippen MR) is 58.2 cm³/mol. The number of carbonyl (C=O) groups is 1. The summed E-state index contributed by atoms with van der Waals surface area (Å²) < 4.78 is 0. The zero-order valence-corrected chi connectivity index (χ0v) is 8.34. The van der Waals surface area contributed by atoms with Crippen LogP contribution < -0.4 is 0 Å². The molecule has 0 amide bonds. The number of hydrogen-bond donors (Lipinski definition) is 2. The van der Waals surface area contributed by atoms with Crippen LogP contribution in [0, 0.1) is 0 Å². The van der Waals surface area contributed by atoms with E-state index in [0.717, 1.165) is 5.56 Å². The lowest BCUT2D eigenvalue weighted by atomic mass is 10.1. The van der Waals surface area contributed by atoms with Crippen LogP contribution in [0.15, 0.2) is 35.9 Å². The van der Waals surface area contributed by atoms with Gasteiger partial charge in [0.05, 0.1) is 12.7 Å². The van der Waals surface area contributed by atoms with Gasteiger partial charge in [0, 0.05) is 6.42 Å². The van der Waals surface area contributed by atoms with Crippen molar-refractivity contribution in [1.29, 1.82) is 0 Å². The van der Waals surface area contributed by atoms with Gasteiger partial charge >= 0.3 is 0 Å². The molecule has 0 heterocycles. The highest BCUT2D eigenvalue weighted by atomic mass is 16.3. The molecule has 1 aromatic rings. The highest BCUT2D eigenvalue weighted by molar-refractivity contribution is 5.81. The maximum atomic E-state index is 10.7. The van der Waals surface area contributed by atoms with Crippen LogP contribution in [0.5, 0.6) is 0 Å². The van der Waals surface area contributed by atoms with E-state index >= 15 is 0 Å². The third kappa shape index (κ3) is 4.06. The zero-order valence-electron chi connectivity index (χ0n) is 8.34. The van der Waals surface area contributed by atoms with E-state index in [1.165, 1.54) is 0 Å². The first-order valence-corrected chi connectivity index (χ1v) is 4.76. The Morgan fingerprint density at radius 2 is 2.00 bits per heavy atom. The Labute approximate surface area is 88.7 Å². The zero-order chi connectivity index (χ0) is 11.1. The Morgan fingerprint density at radius 1 is 1.33 bits per heavy atom. The summed E-state index contributed by atoms with van der Waals surface area (Å²) in [6.07, 6.45) is 1.71. The smallest absolute Gasteiger partial charge is 0.146 e. The minimum absolute atomic E-state index is 0.175. The van der Waals surface area contributed by atoms with Crippen LogP contribution in [0.25, 0.3) is 6.08 Å². The van der Waals surface area contributed by atoms with Gasteiger partial charge in [0.1, 0.15) is 6.29 Å². The first kappa shape index (κ1) is 11.6. The van der Waals surface area contributed by atoms with Gasteiger partial charge < -0.3 is 10.2 Å². The van der Waals surface area contributed by atoms with E-state index in [9.17, 15) is 9.90 Å². The molecule has 1 aromatic carbocycles. The molecule has 0 fully saturated rings. The molecule has 1 atom stereocenters. The molecule has 2 N–H and O–H groups in total. The summed E-state index contributed by atoms with van der Waals surface area (Å²) in [5.74, 6) is 0. The molecule has 3 nitrogen and oxygen atoms in total. The van der Waals surface area contributed by atoms with Crippen molar-refractivity contribution < 1.29 is 15.0 Å². The summed E-state index contributed by atoms with van der Waals surface area (Å²) in [5, 5.41) is 17.8. The third-order valence-electron chi connectivity index (χ3n) is 1.99. The Kier molecular flexibility index (Phi) is 4.74. The number of rotatable bonds is 5. The van der Waals surface area contributed by atoms with Crippen LogP contribution in [-0.4, -0.2) is 29.2 Å². The Balaban J connectivity index is 2.74. The second-order valence-electron chi connectivity index (χ2n) is 3.29. The van der Waals surface area contributed by atoms with Gasteiger partial charge in [-0.2, -0.15) is 0 Å². The van der Waals surface area contributed by atoms with Crippen LogP contribution in [0.3, 0.4) is 0 Å². The van der Waals surface area contributed by atoms with Gasteiger partial charge in [-0.1, -0.05) is 30.3 Å². The molecule has 0 saturated heterocycles. The van der Waals surface area contributed by atoms with E-state index in [-0.39, 0.29) is 13.0 Å². The van der Waals surface area contributed by atoms with Gasteiger partial charge in [-0.15, -0.1) is 0 Å². The fraction of sp³-hybridized carbons (Fsp3) is 0.250. The molecule has 3 heteroatoms. The third-order valence-corrected chi connectivity index (χ3v) is 1.99. The van der Waals surface area contributed by atoms with Crippen molar-refractivity contribution in [1.82, 2.24) is 0 Å². The van der Waals surface area contributed by atoms with Crippen molar-refractivity contribution in [2.75, 3.05) is 6.61 Å². The average Bonchev–Trinajstić information content (AvgIpc) is 2.29. The Bertz CT molecular complexity index is 330. The fourth-order valence-corrected chi connectivity index (χ4v) is 1.24. The number of aliphatic hydroxyl groups excluding tert-OH is 2. The topological polar surface area (TPSA) is 57.5 Å². The molecular weight excluding hydrogens is 192 g/mol. The molecule has 1 rings (SSSR count). The quantitative estimate of drug-likeness (QED) is 0.558. The number of aldehydes is 1. The summed E-state index contributed by atoms with van der Waals surface area (Å²) >= 11 is 0. The first-order valence-electron chi connectivity index (χ1n) is 4.76. The first-order chi connectivity index (χ1) is 7.26. The van der Waals surface area contributed by atoms with Crippen molar-refractivity contribution in [3.8, 4) is 0 Å². The van der Waals surface area contributed by atoms with E-state index in [0.29, 0.717) is 11.9 Å². The lowest BCUT2D eigenvalue weighted by Gasteiger charge is -2.05. The molecule has 0 saturated carbocycles. The maximum absolute atomic E-state index is 10.7.